The standard InChI is InChI=1S/C14H23N/c1-4-7-12(2)10-15-11-14-9-6-5-8-13(14)3/h5-6,8-9,12,15H,4,7,10-11H2,1-3H3. The Balaban J connectivity index is 2.29. The Kier molecular flexibility index (Phi) is 5.41. The van der Waals surface area contributed by atoms with Crippen LogP contribution in [0.25, 0.3) is 0 Å². The molecule has 1 rings (SSSR count). The summed E-state index contributed by atoms with van der Waals surface area (Å²) in [6.07, 6.45) is 2.61. The summed E-state index contributed by atoms with van der Waals surface area (Å²) in [6, 6.07) is 8.58. The third-order valence-electron chi connectivity index (χ3n) is 2.85. The third kappa shape index (κ3) is 4.48. The summed E-state index contributed by atoms with van der Waals surface area (Å²) in [4.78, 5) is 0. The Morgan fingerprint density at radius 3 is 2.67 bits per heavy atom. The van der Waals surface area contributed by atoms with E-state index in [2.05, 4.69) is 50.4 Å². The first kappa shape index (κ1) is 12.3. The number of nitrogens with one attached hydrogen (secondary N) is 1. The summed E-state index contributed by atoms with van der Waals surface area (Å²) in [6.45, 7) is 8.86. The third-order valence-corrected chi connectivity index (χ3v) is 2.85. The Morgan fingerprint density at radius 2 is 2.00 bits per heavy atom. The van der Waals surface area contributed by atoms with Gasteiger partial charge >= 0.3 is 0 Å². The molecular weight excluding hydrogens is 182 g/mol. The van der Waals surface area contributed by atoms with Crippen LogP contribution in [0.15, 0.2) is 24.3 Å². The van der Waals surface area contributed by atoms with Crippen LogP contribution in [0.2, 0.25) is 0 Å². The second kappa shape index (κ2) is 6.62. The minimum atomic E-state index is 0.791. The first-order chi connectivity index (χ1) is 7.24. The largest absolute Gasteiger partial charge is 0.312 e. The van der Waals surface area contributed by atoms with Crippen molar-refractivity contribution in [1.82, 2.24) is 5.32 Å². The highest BCUT2D eigenvalue weighted by atomic mass is 14.9. The fourth-order valence-electron chi connectivity index (χ4n) is 1.86. The second-order valence-corrected chi connectivity index (χ2v) is 4.45. The highest BCUT2D eigenvalue weighted by Crippen LogP contribution is 2.07. The van der Waals surface area contributed by atoms with Crippen molar-refractivity contribution < 1.29 is 0 Å². The summed E-state index contributed by atoms with van der Waals surface area (Å²) < 4.78 is 0. The summed E-state index contributed by atoms with van der Waals surface area (Å²) in [7, 11) is 0. The average Bonchev–Trinajstić information content (AvgIpc) is 2.21. The SMILES string of the molecule is CCCC(C)CNCc1ccccc1C. The first-order valence-corrected chi connectivity index (χ1v) is 5.99. The van der Waals surface area contributed by atoms with Gasteiger partial charge in [0.05, 0.1) is 0 Å². The van der Waals surface area contributed by atoms with Gasteiger partial charge in [0.1, 0.15) is 0 Å². The van der Waals surface area contributed by atoms with Gasteiger partial charge in [0, 0.05) is 6.54 Å². The number of hydrogen-bond donors (Lipinski definition) is 1. The molecule has 0 radical (unpaired) electrons. The van der Waals surface area contributed by atoms with Gasteiger partial charge in [0.25, 0.3) is 0 Å². The topological polar surface area (TPSA) is 12.0 Å². The molecule has 0 heterocycles. The quantitative estimate of drug-likeness (QED) is 0.749. The molecular formula is C14H23N. The monoisotopic (exact) mass is 205 g/mol. The van der Waals surface area contributed by atoms with Crippen molar-refractivity contribution in [1.29, 1.82) is 0 Å². The number of hydrogen-bond acceptors (Lipinski definition) is 1. The van der Waals surface area contributed by atoms with E-state index >= 15 is 0 Å². The van der Waals surface area contributed by atoms with Crippen molar-refractivity contribution in [2.45, 2.75) is 40.2 Å². The second-order valence-electron chi connectivity index (χ2n) is 4.45. The summed E-state index contributed by atoms with van der Waals surface area (Å²) in [5.41, 5.74) is 2.80. The van der Waals surface area contributed by atoms with Crippen LogP contribution in [0.1, 0.15) is 37.8 Å². The molecule has 0 bridgehead atoms. The van der Waals surface area contributed by atoms with E-state index in [-0.39, 0.29) is 0 Å². The van der Waals surface area contributed by atoms with Crippen molar-refractivity contribution in [2.75, 3.05) is 6.54 Å². The van der Waals surface area contributed by atoms with E-state index in [0.29, 0.717) is 0 Å². The van der Waals surface area contributed by atoms with Gasteiger partial charge < -0.3 is 5.32 Å². The van der Waals surface area contributed by atoms with Gasteiger partial charge in [0.15, 0.2) is 0 Å². The molecule has 15 heavy (non-hydrogen) atoms. The molecule has 0 amide bonds. The lowest BCUT2D eigenvalue weighted by Gasteiger charge is -2.12. The van der Waals surface area contributed by atoms with E-state index in [4.69, 9.17) is 0 Å². The molecule has 0 aliphatic heterocycles. The molecule has 1 unspecified atom stereocenters. The molecule has 1 heteroatoms. The number of rotatable bonds is 6. The van der Waals surface area contributed by atoms with Gasteiger partial charge in [-0.3, -0.25) is 0 Å². The van der Waals surface area contributed by atoms with E-state index in [1.807, 2.05) is 0 Å². The van der Waals surface area contributed by atoms with Crippen LogP contribution in [-0.2, 0) is 6.54 Å². The maximum absolute atomic E-state index is 3.53. The molecule has 0 saturated carbocycles. The minimum Gasteiger partial charge on any atom is -0.312 e. The van der Waals surface area contributed by atoms with Gasteiger partial charge in [-0.25, -0.2) is 0 Å². The fourth-order valence-corrected chi connectivity index (χ4v) is 1.86. The highest BCUT2D eigenvalue weighted by Gasteiger charge is 2.00. The van der Waals surface area contributed by atoms with Crippen LogP contribution in [0.3, 0.4) is 0 Å². The predicted molar refractivity (Wildman–Crippen MR) is 67.0 cm³/mol. The van der Waals surface area contributed by atoms with Crippen molar-refractivity contribution in [3.05, 3.63) is 35.4 Å². The van der Waals surface area contributed by atoms with Crippen LogP contribution >= 0.6 is 0 Å². The summed E-state index contributed by atoms with van der Waals surface area (Å²) in [5.74, 6) is 0.791. The minimum absolute atomic E-state index is 0.791. The van der Waals surface area contributed by atoms with Gasteiger partial charge in [-0.2, -0.15) is 0 Å². The lowest BCUT2D eigenvalue weighted by atomic mass is 10.1. The first-order valence-electron chi connectivity index (χ1n) is 5.99. The van der Waals surface area contributed by atoms with Crippen LogP contribution < -0.4 is 5.32 Å². The number of benzene rings is 1. The van der Waals surface area contributed by atoms with Gasteiger partial charge in [-0.05, 0) is 36.9 Å². The zero-order valence-electron chi connectivity index (χ0n) is 10.2. The zero-order chi connectivity index (χ0) is 11.1. The molecule has 84 valence electrons. The molecule has 0 saturated heterocycles. The Labute approximate surface area is 93.9 Å². The molecule has 0 fully saturated rings. The van der Waals surface area contributed by atoms with Crippen LogP contribution in [-0.4, -0.2) is 6.54 Å². The molecule has 0 aliphatic carbocycles. The number of aryl methyl sites for hydroxylation is 1. The Bertz CT molecular complexity index is 280. The molecule has 1 aromatic rings. The lowest BCUT2D eigenvalue weighted by molar-refractivity contribution is 0.475. The van der Waals surface area contributed by atoms with Crippen molar-refractivity contribution in [2.24, 2.45) is 5.92 Å². The Morgan fingerprint density at radius 1 is 1.27 bits per heavy atom. The molecule has 0 spiro atoms. The van der Waals surface area contributed by atoms with E-state index in [9.17, 15) is 0 Å². The van der Waals surface area contributed by atoms with Gasteiger partial charge in [-0.15, -0.1) is 0 Å². The van der Waals surface area contributed by atoms with Gasteiger partial charge in [-0.1, -0.05) is 44.5 Å². The molecule has 0 aliphatic rings. The fraction of sp³-hybridized carbons (Fsp3) is 0.571. The van der Waals surface area contributed by atoms with E-state index in [1.54, 1.807) is 0 Å². The average molecular weight is 205 g/mol. The molecule has 0 aromatic heterocycles. The lowest BCUT2D eigenvalue weighted by Crippen LogP contribution is -2.21. The molecule has 1 atom stereocenters. The van der Waals surface area contributed by atoms with Crippen molar-refractivity contribution in [3.8, 4) is 0 Å². The van der Waals surface area contributed by atoms with Crippen molar-refractivity contribution >= 4 is 0 Å². The smallest absolute Gasteiger partial charge is 0.0208 e. The molecule has 1 N–H and O–H groups in total. The van der Waals surface area contributed by atoms with Gasteiger partial charge in [0.2, 0.25) is 0 Å². The predicted octanol–water partition coefficient (Wildman–Crippen LogP) is 3.52. The van der Waals surface area contributed by atoms with E-state index < -0.39 is 0 Å². The normalized spacial score (nSPS) is 12.7. The van der Waals surface area contributed by atoms with Crippen molar-refractivity contribution in [3.63, 3.8) is 0 Å². The maximum Gasteiger partial charge on any atom is 0.0208 e. The van der Waals surface area contributed by atoms with Crippen LogP contribution in [0.5, 0.6) is 0 Å². The summed E-state index contributed by atoms with van der Waals surface area (Å²) in [5, 5.41) is 3.53. The van der Waals surface area contributed by atoms with E-state index in [1.165, 1.54) is 24.0 Å². The highest BCUT2D eigenvalue weighted by molar-refractivity contribution is 5.25. The summed E-state index contributed by atoms with van der Waals surface area (Å²) >= 11 is 0. The molecule has 1 aromatic carbocycles. The zero-order valence-corrected chi connectivity index (χ0v) is 10.2. The Hall–Kier alpha value is -0.820. The maximum atomic E-state index is 3.53. The van der Waals surface area contributed by atoms with Crippen LogP contribution in [0, 0.1) is 12.8 Å². The van der Waals surface area contributed by atoms with Crippen LogP contribution in [0.4, 0.5) is 0 Å². The molecule has 1 nitrogen and oxygen atoms in total. The van der Waals surface area contributed by atoms with E-state index in [0.717, 1.165) is 19.0 Å².